The lowest BCUT2D eigenvalue weighted by molar-refractivity contribution is -0.138. The van der Waals surface area contributed by atoms with E-state index < -0.39 is 0 Å². The Bertz CT molecular complexity index is 927. The average Bonchev–Trinajstić information content (AvgIpc) is 3.38. The van der Waals surface area contributed by atoms with Crippen molar-refractivity contribution in [3.8, 4) is 28.4 Å². The predicted octanol–water partition coefficient (Wildman–Crippen LogP) is 4.14. The molecule has 0 unspecified atom stereocenters. The summed E-state index contributed by atoms with van der Waals surface area (Å²) in [7, 11) is 3.05. The van der Waals surface area contributed by atoms with Crippen molar-refractivity contribution in [1.82, 2.24) is 0 Å². The summed E-state index contributed by atoms with van der Waals surface area (Å²) in [5.74, 6) is 0.434. The summed E-state index contributed by atoms with van der Waals surface area (Å²) in [5.41, 5.74) is 2.75. The molecule has 2 aromatic carbocycles. The minimum atomic E-state index is -0.346. The largest absolute Gasteiger partial charge is 0.493 e. The lowest BCUT2D eigenvalue weighted by Crippen LogP contribution is -2.18. The van der Waals surface area contributed by atoms with Crippen LogP contribution in [0.15, 0.2) is 30.3 Å². The third-order valence-corrected chi connectivity index (χ3v) is 5.42. The van der Waals surface area contributed by atoms with Gasteiger partial charge in [0.05, 0.1) is 25.7 Å². The predicted molar refractivity (Wildman–Crippen MR) is 102 cm³/mol. The van der Waals surface area contributed by atoms with Crippen LogP contribution in [0, 0.1) is 5.92 Å². The molecule has 0 bridgehead atoms. The zero-order valence-electron chi connectivity index (χ0n) is 15.9. The molecule has 0 spiro atoms. The van der Waals surface area contributed by atoms with Crippen LogP contribution in [0.5, 0.6) is 17.2 Å². The second kappa shape index (κ2) is 7.54. The molecule has 0 atom stereocenters. The summed E-state index contributed by atoms with van der Waals surface area (Å²) < 4.78 is 22.0. The van der Waals surface area contributed by atoms with Gasteiger partial charge >= 0.3 is 11.9 Å². The first-order valence-corrected chi connectivity index (χ1v) is 9.40. The van der Waals surface area contributed by atoms with E-state index in [-0.39, 0.29) is 24.5 Å². The Labute approximate surface area is 163 Å². The molecule has 0 radical (unpaired) electrons. The molecule has 4 rings (SSSR count). The number of methoxy groups -OCH3 is 2. The van der Waals surface area contributed by atoms with Gasteiger partial charge in [-0.3, -0.25) is 4.79 Å². The van der Waals surface area contributed by atoms with Gasteiger partial charge in [-0.25, -0.2) is 4.79 Å². The van der Waals surface area contributed by atoms with Gasteiger partial charge in [-0.05, 0) is 36.6 Å². The van der Waals surface area contributed by atoms with Gasteiger partial charge in [0.25, 0.3) is 0 Å². The Hall–Kier alpha value is -3.02. The van der Waals surface area contributed by atoms with Crippen molar-refractivity contribution < 1.29 is 28.5 Å². The molecule has 2 aliphatic rings. The number of rotatable bonds is 5. The summed E-state index contributed by atoms with van der Waals surface area (Å²) in [6, 6.07) is 8.99. The minimum Gasteiger partial charge on any atom is -0.493 e. The molecule has 28 heavy (non-hydrogen) atoms. The first-order chi connectivity index (χ1) is 13.6. The van der Waals surface area contributed by atoms with Gasteiger partial charge in [-0.2, -0.15) is 0 Å². The first kappa shape index (κ1) is 18.3. The van der Waals surface area contributed by atoms with Crippen LogP contribution in [0.25, 0.3) is 11.1 Å². The molecule has 1 heterocycles. The van der Waals surface area contributed by atoms with Crippen molar-refractivity contribution in [3.05, 3.63) is 41.5 Å². The van der Waals surface area contributed by atoms with Crippen molar-refractivity contribution in [1.29, 1.82) is 0 Å². The Balaban J connectivity index is 1.84. The Kier molecular flexibility index (Phi) is 4.94. The maximum absolute atomic E-state index is 12.8. The molecule has 6 nitrogen and oxygen atoms in total. The molecule has 0 N–H and O–H groups in total. The molecule has 1 fully saturated rings. The third kappa shape index (κ3) is 3.09. The van der Waals surface area contributed by atoms with Crippen LogP contribution in [-0.2, 0) is 16.1 Å². The Morgan fingerprint density at radius 2 is 1.71 bits per heavy atom. The molecule has 0 amide bonds. The van der Waals surface area contributed by atoms with Crippen molar-refractivity contribution in [2.75, 3.05) is 14.2 Å². The number of benzene rings is 2. The third-order valence-electron chi connectivity index (χ3n) is 5.42. The highest BCUT2D eigenvalue weighted by molar-refractivity contribution is 5.97. The number of hydrogen-bond donors (Lipinski definition) is 0. The Morgan fingerprint density at radius 3 is 2.43 bits per heavy atom. The maximum atomic E-state index is 12.8. The SMILES string of the molecule is COc1ccc(-c2cccc3c2COC3=O)c(OC(=O)C2CCCC2)c1OC. The fraction of sp³-hybridized carbons (Fsp3) is 0.364. The van der Waals surface area contributed by atoms with E-state index in [0.717, 1.165) is 36.8 Å². The highest BCUT2D eigenvalue weighted by Crippen LogP contribution is 2.47. The number of cyclic esters (lactones) is 1. The van der Waals surface area contributed by atoms with E-state index >= 15 is 0 Å². The van der Waals surface area contributed by atoms with Gasteiger partial charge in [0.15, 0.2) is 11.5 Å². The van der Waals surface area contributed by atoms with Crippen molar-refractivity contribution in [2.24, 2.45) is 5.92 Å². The summed E-state index contributed by atoms with van der Waals surface area (Å²) in [6.45, 7) is 0.189. The Morgan fingerprint density at radius 1 is 0.964 bits per heavy atom. The molecular weight excluding hydrogens is 360 g/mol. The second-order valence-electron chi connectivity index (χ2n) is 6.99. The van der Waals surface area contributed by atoms with Gasteiger partial charge in [0.2, 0.25) is 5.75 Å². The smallest absolute Gasteiger partial charge is 0.338 e. The first-order valence-electron chi connectivity index (χ1n) is 9.40. The van der Waals surface area contributed by atoms with Gasteiger partial charge in [-0.1, -0.05) is 25.0 Å². The highest BCUT2D eigenvalue weighted by Gasteiger charge is 2.30. The molecule has 146 valence electrons. The normalized spacial score (nSPS) is 15.9. The molecule has 1 aliphatic carbocycles. The van der Waals surface area contributed by atoms with Gasteiger partial charge in [0, 0.05) is 11.1 Å². The molecule has 6 heteroatoms. The molecule has 1 aliphatic heterocycles. The topological polar surface area (TPSA) is 71.1 Å². The molecule has 2 aromatic rings. The summed E-state index contributed by atoms with van der Waals surface area (Å²) in [5, 5.41) is 0. The van der Waals surface area contributed by atoms with Gasteiger partial charge < -0.3 is 18.9 Å². The lowest BCUT2D eigenvalue weighted by Gasteiger charge is -2.19. The summed E-state index contributed by atoms with van der Waals surface area (Å²) in [6.07, 6.45) is 3.74. The van der Waals surface area contributed by atoms with Crippen LogP contribution in [0.3, 0.4) is 0 Å². The number of hydrogen-bond acceptors (Lipinski definition) is 6. The van der Waals surface area contributed by atoms with Gasteiger partial charge in [0.1, 0.15) is 6.61 Å². The van der Waals surface area contributed by atoms with Crippen molar-refractivity contribution in [2.45, 2.75) is 32.3 Å². The quantitative estimate of drug-likeness (QED) is 0.572. The second-order valence-corrected chi connectivity index (χ2v) is 6.99. The van der Waals surface area contributed by atoms with Crippen LogP contribution in [0.4, 0.5) is 0 Å². The van der Waals surface area contributed by atoms with E-state index in [1.807, 2.05) is 12.1 Å². The number of carbonyl (C=O) groups excluding carboxylic acids is 2. The number of esters is 2. The van der Waals surface area contributed by atoms with E-state index in [2.05, 4.69) is 0 Å². The van der Waals surface area contributed by atoms with E-state index in [1.54, 1.807) is 18.2 Å². The number of ether oxygens (including phenoxy) is 4. The van der Waals surface area contributed by atoms with Crippen molar-refractivity contribution in [3.63, 3.8) is 0 Å². The zero-order valence-corrected chi connectivity index (χ0v) is 15.9. The van der Waals surface area contributed by atoms with E-state index in [4.69, 9.17) is 18.9 Å². The lowest BCUT2D eigenvalue weighted by atomic mass is 9.95. The van der Waals surface area contributed by atoms with Crippen LogP contribution in [0.2, 0.25) is 0 Å². The summed E-state index contributed by atoms with van der Waals surface area (Å²) >= 11 is 0. The molecule has 0 aromatic heterocycles. The number of fused-ring (bicyclic) bond motifs is 1. The van der Waals surface area contributed by atoms with E-state index in [0.29, 0.717) is 28.4 Å². The zero-order chi connectivity index (χ0) is 19.7. The fourth-order valence-corrected chi connectivity index (χ4v) is 3.96. The van der Waals surface area contributed by atoms with Crippen LogP contribution >= 0.6 is 0 Å². The average molecular weight is 382 g/mol. The monoisotopic (exact) mass is 382 g/mol. The van der Waals surface area contributed by atoms with Crippen LogP contribution in [0.1, 0.15) is 41.6 Å². The summed E-state index contributed by atoms with van der Waals surface area (Å²) in [4.78, 5) is 24.7. The highest BCUT2D eigenvalue weighted by atomic mass is 16.6. The fourth-order valence-electron chi connectivity index (χ4n) is 3.96. The molecule has 1 saturated carbocycles. The molecular formula is C22H22O6. The van der Waals surface area contributed by atoms with Gasteiger partial charge in [-0.15, -0.1) is 0 Å². The standard InChI is InChI=1S/C22H22O6/c1-25-18-11-10-15(14-8-5-9-16-17(14)12-27-22(16)24)19(20(18)26-2)28-21(23)13-6-3-4-7-13/h5,8-11,13H,3-4,6-7,12H2,1-2H3. The van der Waals surface area contributed by atoms with Crippen LogP contribution in [-0.4, -0.2) is 26.2 Å². The number of carbonyl (C=O) groups is 2. The minimum absolute atomic E-state index is 0.102. The van der Waals surface area contributed by atoms with E-state index in [9.17, 15) is 9.59 Å². The van der Waals surface area contributed by atoms with Crippen molar-refractivity contribution >= 4 is 11.9 Å². The van der Waals surface area contributed by atoms with E-state index in [1.165, 1.54) is 14.2 Å². The van der Waals surface area contributed by atoms with Crippen LogP contribution < -0.4 is 14.2 Å². The molecule has 0 saturated heterocycles. The maximum Gasteiger partial charge on any atom is 0.338 e.